The Morgan fingerprint density at radius 1 is 0.818 bits per heavy atom. The summed E-state index contributed by atoms with van der Waals surface area (Å²) in [7, 11) is -1.32. The van der Waals surface area contributed by atoms with Gasteiger partial charge in [-0.3, -0.25) is 4.74 Å². The van der Waals surface area contributed by atoms with Crippen LogP contribution in [0.15, 0.2) is 53.0 Å². The number of allylic oxidation sites excluding steroid dienone is 7. The number of nitrogens with zero attached hydrogens (tertiary/aromatic N) is 1. The van der Waals surface area contributed by atoms with Crippen molar-refractivity contribution in [2.45, 2.75) is 108 Å². The summed E-state index contributed by atoms with van der Waals surface area (Å²) in [6.07, 6.45) is 24.9. The van der Waals surface area contributed by atoms with E-state index in [0.29, 0.717) is 16.2 Å². The zero-order valence-corrected chi connectivity index (χ0v) is 26.5. The molecule has 0 aromatic heterocycles. The average Bonchev–Trinajstić information content (AvgIpc) is 3.15. The molecule has 0 spiro atoms. The van der Waals surface area contributed by atoms with Crippen LogP contribution in [0.3, 0.4) is 0 Å². The third kappa shape index (κ3) is 20.9. The first-order chi connectivity index (χ1) is 14.6. The number of hydrogen-bond donors (Lipinski definition) is 0. The second-order valence-corrected chi connectivity index (χ2v) is 16.7. The van der Waals surface area contributed by atoms with Crippen molar-refractivity contribution < 1.29 is 21.7 Å². The molecule has 1 aliphatic carbocycles. The molecule has 0 aliphatic heterocycles. The Bertz CT molecular complexity index is 636. The van der Waals surface area contributed by atoms with Crippen LogP contribution < -0.4 is 0 Å². The van der Waals surface area contributed by atoms with Crippen molar-refractivity contribution in [3.05, 3.63) is 48.2 Å². The van der Waals surface area contributed by atoms with Crippen molar-refractivity contribution in [1.29, 1.82) is 0 Å². The van der Waals surface area contributed by atoms with Gasteiger partial charge in [0.2, 0.25) is 0 Å². The smallest absolute Gasteiger partial charge is 0.0425 e. The zero-order chi connectivity index (χ0) is 24.9. The molecule has 1 nitrogen and oxygen atoms in total. The molecule has 190 valence electrons. The van der Waals surface area contributed by atoms with E-state index in [4.69, 9.17) is 4.74 Å². The normalized spacial score (nSPS) is 14.8. The molecule has 1 aliphatic rings. The molecule has 0 bridgehead atoms. The van der Waals surface area contributed by atoms with Crippen molar-refractivity contribution in [3.63, 3.8) is 0 Å². The second-order valence-electron chi connectivity index (χ2n) is 13.0. The first-order valence-electron chi connectivity index (χ1n) is 12.8. The van der Waals surface area contributed by atoms with Crippen molar-refractivity contribution in [2.24, 2.45) is 21.0 Å². The summed E-state index contributed by atoms with van der Waals surface area (Å²) < 4.78 is 5.53. The van der Waals surface area contributed by atoms with Crippen LogP contribution in [-0.2, 0) is 21.7 Å². The van der Waals surface area contributed by atoms with Crippen molar-refractivity contribution >= 4 is 7.05 Å². The van der Waals surface area contributed by atoms with Crippen molar-refractivity contribution in [3.8, 4) is 0 Å². The maximum absolute atomic E-state index is 5.53. The largest absolute Gasteiger partial charge is 0.272 e. The van der Waals surface area contributed by atoms with E-state index in [9.17, 15) is 0 Å². The van der Waals surface area contributed by atoms with E-state index in [1.165, 1.54) is 43.4 Å². The SMILES string of the molecule is CC(C)(C)CCP(CCC(C)(C)C)(CCC(C)(C)C)=NC1=CC=CC1.CC=CC=CCC.[Ti]. The summed E-state index contributed by atoms with van der Waals surface area (Å²) in [5.41, 5.74) is 2.52. The molecule has 0 saturated heterocycles. The third-order valence-corrected chi connectivity index (χ3v) is 9.45. The Morgan fingerprint density at radius 3 is 1.58 bits per heavy atom. The van der Waals surface area contributed by atoms with E-state index in [0.717, 1.165) is 12.8 Å². The minimum absolute atomic E-state index is 0. The monoisotopic (exact) mass is 509 g/mol. The first-order valence-corrected chi connectivity index (χ1v) is 15.1. The van der Waals surface area contributed by atoms with Crippen LogP contribution in [0, 0.1) is 16.2 Å². The van der Waals surface area contributed by atoms with Gasteiger partial charge in [0.25, 0.3) is 0 Å². The Balaban J connectivity index is 0. The molecule has 0 atom stereocenters. The third-order valence-electron chi connectivity index (χ3n) is 5.60. The van der Waals surface area contributed by atoms with Crippen molar-refractivity contribution in [2.75, 3.05) is 18.5 Å². The average molecular weight is 510 g/mol. The van der Waals surface area contributed by atoms with Crippen LogP contribution >= 0.6 is 7.05 Å². The molecule has 0 fully saturated rings. The summed E-state index contributed by atoms with van der Waals surface area (Å²) >= 11 is 0. The van der Waals surface area contributed by atoms with E-state index < -0.39 is 7.05 Å². The Kier molecular flexibility index (Phi) is 17.6. The van der Waals surface area contributed by atoms with E-state index in [2.05, 4.69) is 99.6 Å². The fourth-order valence-electron chi connectivity index (χ4n) is 3.22. The van der Waals surface area contributed by atoms with Crippen molar-refractivity contribution in [1.82, 2.24) is 0 Å². The molecule has 0 amide bonds. The molecule has 0 N–H and O–H groups in total. The van der Waals surface area contributed by atoms with E-state index >= 15 is 0 Å². The zero-order valence-electron chi connectivity index (χ0n) is 24.1. The molecule has 0 radical (unpaired) electrons. The molecule has 33 heavy (non-hydrogen) atoms. The minimum Gasteiger partial charge on any atom is -0.272 e. The van der Waals surface area contributed by atoms with Gasteiger partial charge in [0.05, 0.1) is 0 Å². The van der Waals surface area contributed by atoms with Crippen LogP contribution in [-0.4, -0.2) is 18.5 Å². The van der Waals surface area contributed by atoms with Gasteiger partial charge in [-0.15, -0.1) is 0 Å². The van der Waals surface area contributed by atoms with Crippen LogP contribution in [0.4, 0.5) is 0 Å². The van der Waals surface area contributed by atoms with Gasteiger partial charge >= 0.3 is 0 Å². The second kappa shape index (κ2) is 16.6. The quantitative estimate of drug-likeness (QED) is 0.166. The molecule has 0 saturated carbocycles. The van der Waals surface area contributed by atoms with Crippen LogP contribution in [0.25, 0.3) is 0 Å². The summed E-state index contributed by atoms with van der Waals surface area (Å²) in [6, 6.07) is 0. The van der Waals surface area contributed by atoms with E-state index in [1.807, 2.05) is 19.1 Å². The van der Waals surface area contributed by atoms with Gasteiger partial charge in [0.1, 0.15) is 0 Å². The Hall–Kier alpha value is -0.0957. The maximum Gasteiger partial charge on any atom is 0.0425 e. The minimum atomic E-state index is -1.32. The molecular weight excluding hydrogens is 453 g/mol. The van der Waals surface area contributed by atoms with Crippen LogP contribution in [0.2, 0.25) is 0 Å². The van der Waals surface area contributed by atoms with Gasteiger partial charge in [0.15, 0.2) is 0 Å². The fraction of sp³-hybridized carbons (Fsp3) is 0.733. The van der Waals surface area contributed by atoms with Crippen LogP contribution in [0.1, 0.15) is 108 Å². The van der Waals surface area contributed by atoms with Gasteiger partial charge in [-0.25, -0.2) is 0 Å². The number of rotatable bonds is 9. The first kappa shape index (κ1) is 35.1. The summed E-state index contributed by atoms with van der Waals surface area (Å²) in [4.78, 5) is 0. The summed E-state index contributed by atoms with van der Waals surface area (Å²) in [5, 5.41) is 0. The molecule has 3 heteroatoms. The van der Waals surface area contributed by atoms with Gasteiger partial charge < -0.3 is 0 Å². The summed E-state index contributed by atoms with van der Waals surface area (Å²) in [5.74, 6) is 0. The summed E-state index contributed by atoms with van der Waals surface area (Å²) in [6.45, 7) is 25.6. The van der Waals surface area contributed by atoms with Gasteiger partial charge in [-0.05, 0) is 80.5 Å². The van der Waals surface area contributed by atoms with E-state index in [1.54, 1.807) is 0 Å². The standard InChI is InChI=1S/C23H44NP.C7H12.Ti/c1-21(2,3)14-17-25(18-15-22(4,5)6,19-16-23(7,8)9)24-20-12-10-11-13-20;1-3-5-7-6-4-2;/h10-12H,13-19H2,1-9H3;3,5-7H,4H2,1-2H3;. The van der Waals surface area contributed by atoms with Gasteiger partial charge in [-0.2, -0.15) is 0 Å². The molecule has 0 aromatic rings. The van der Waals surface area contributed by atoms with Gasteiger partial charge in [0, 0.05) is 33.8 Å². The predicted octanol–water partition coefficient (Wildman–Crippen LogP) is 10.9. The fourth-order valence-corrected chi connectivity index (χ4v) is 8.15. The molecule has 0 aromatic carbocycles. The Labute approximate surface area is 224 Å². The van der Waals surface area contributed by atoms with Gasteiger partial charge in [-0.1, -0.05) is 106 Å². The van der Waals surface area contributed by atoms with E-state index in [-0.39, 0.29) is 21.7 Å². The predicted molar refractivity (Wildman–Crippen MR) is 152 cm³/mol. The molecular formula is C30H56NPTi. The maximum atomic E-state index is 5.53. The molecule has 1 rings (SSSR count). The topological polar surface area (TPSA) is 12.4 Å². The molecule has 0 unspecified atom stereocenters. The Morgan fingerprint density at radius 2 is 1.27 bits per heavy atom. The van der Waals surface area contributed by atoms with Crippen LogP contribution in [0.5, 0.6) is 0 Å². The number of hydrogen-bond acceptors (Lipinski definition) is 1. The molecule has 0 heterocycles.